The Hall–Kier alpha value is -2.27. The number of nitrogens with one attached hydrogen (secondary N) is 1. The summed E-state index contributed by atoms with van der Waals surface area (Å²) in [6.45, 7) is 12.0. The van der Waals surface area contributed by atoms with Gasteiger partial charge in [-0.1, -0.05) is 44.5 Å². The molecule has 3 rings (SSSR count). The number of carbonyl (C=O) groups excluding carboxylic acids is 1. The van der Waals surface area contributed by atoms with E-state index in [9.17, 15) is 4.79 Å². The Bertz CT molecular complexity index is 819. The van der Waals surface area contributed by atoms with Crippen LogP contribution in [0.25, 0.3) is 0 Å². The zero-order chi connectivity index (χ0) is 20.5. The van der Waals surface area contributed by atoms with Crippen LogP contribution in [0.3, 0.4) is 0 Å². The van der Waals surface area contributed by atoms with E-state index in [1.54, 1.807) is 6.20 Å². The number of hydrogen-bond donors (Lipinski definition) is 1. The molecule has 1 fully saturated rings. The number of halogens is 1. The van der Waals surface area contributed by atoms with Gasteiger partial charge in [-0.05, 0) is 49.1 Å². The maximum Gasteiger partial charge on any atom is 0.322 e. The molecule has 2 amide bonds. The lowest BCUT2D eigenvalue weighted by molar-refractivity contribution is 0.153. The number of hydrogen-bond acceptors (Lipinski definition) is 3. The minimum atomic E-state index is -0.0738. The zero-order valence-electron chi connectivity index (χ0n) is 17.2. The summed E-state index contributed by atoms with van der Waals surface area (Å²) in [5.41, 5.74) is 2.15. The molecule has 1 N–H and O–H groups in total. The molecule has 0 aliphatic carbocycles. The smallest absolute Gasteiger partial charge is 0.322 e. The fourth-order valence-electron chi connectivity index (χ4n) is 3.75. The lowest BCUT2D eigenvalue weighted by atomic mass is 9.87. The van der Waals surface area contributed by atoms with Crippen LogP contribution in [0, 0.1) is 0 Å². The average Bonchev–Trinajstić information content (AvgIpc) is 2.61. The average molecular weight is 401 g/mol. The van der Waals surface area contributed by atoms with Crippen molar-refractivity contribution in [1.29, 1.82) is 0 Å². The minimum absolute atomic E-state index is 0.0377. The summed E-state index contributed by atoms with van der Waals surface area (Å²) < 4.78 is 0. The molecule has 0 spiro atoms. The highest BCUT2D eigenvalue weighted by molar-refractivity contribution is 6.32. The summed E-state index contributed by atoms with van der Waals surface area (Å²) in [4.78, 5) is 21.4. The predicted octanol–water partition coefficient (Wildman–Crippen LogP) is 5.16. The van der Waals surface area contributed by atoms with Gasteiger partial charge in [0.15, 0.2) is 0 Å². The van der Waals surface area contributed by atoms with Gasteiger partial charge in [0.05, 0.1) is 5.02 Å². The van der Waals surface area contributed by atoms with E-state index < -0.39 is 0 Å². The minimum Gasteiger partial charge on any atom is -0.351 e. The number of amides is 2. The van der Waals surface area contributed by atoms with Gasteiger partial charge in [-0.3, -0.25) is 0 Å². The van der Waals surface area contributed by atoms with Crippen molar-refractivity contribution >= 4 is 29.1 Å². The van der Waals surface area contributed by atoms with Crippen LogP contribution < -0.4 is 10.2 Å². The first kappa shape index (κ1) is 20.5. The Morgan fingerprint density at radius 1 is 1.11 bits per heavy atom. The fraction of sp³-hybridized carbons (Fsp3) is 0.455. The second-order valence-electron chi connectivity index (χ2n) is 8.58. The van der Waals surface area contributed by atoms with Crippen molar-refractivity contribution < 1.29 is 4.79 Å². The summed E-state index contributed by atoms with van der Waals surface area (Å²) in [6, 6.07) is 11.8. The van der Waals surface area contributed by atoms with Crippen LogP contribution in [0.15, 0.2) is 42.6 Å². The van der Waals surface area contributed by atoms with Gasteiger partial charge in [0, 0.05) is 37.1 Å². The highest BCUT2D eigenvalue weighted by Crippen LogP contribution is 2.28. The number of anilines is 2. The van der Waals surface area contributed by atoms with Gasteiger partial charge in [0.25, 0.3) is 0 Å². The molecule has 2 unspecified atom stereocenters. The third-order valence-corrected chi connectivity index (χ3v) is 5.49. The van der Waals surface area contributed by atoms with E-state index >= 15 is 0 Å². The summed E-state index contributed by atoms with van der Waals surface area (Å²) >= 11 is 6.31. The molecule has 0 radical (unpaired) electrons. The second kappa shape index (κ2) is 8.00. The molecular weight excluding hydrogens is 372 g/mol. The number of rotatable bonds is 2. The van der Waals surface area contributed by atoms with E-state index in [1.807, 2.05) is 29.2 Å². The first-order chi connectivity index (χ1) is 13.2. The lowest BCUT2D eigenvalue weighted by Gasteiger charge is -2.44. The highest BCUT2D eigenvalue weighted by atomic mass is 35.5. The summed E-state index contributed by atoms with van der Waals surface area (Å²) in [5.74, 6) is 0.778. The number of carbonyl (C=O) groups is 1. The molecule has 2 aromatic rings. The van der Waals surface area contributed by atoms with Gasteiger partial charge in [-0.15, -0.1) is 0 Å². The molecule has 1 saturated heterocycles. The molecule has 5 nitrogen and oxygen atoms in total. The quantitative estimate of drug-likeness (QED) is 0.757. The summed E-state index contributed by atoms with van der Waals surface area (Å²) in [7, 11) is 0. The predicted molar refractivity (Wildman–Crippen MR) is 116 cm³/mol. The van der Waals surface area contributed by atoms with Crippen molar-refractivity contribution in [3.05, 3.63) is 53.2 Å². The van der Waals surface area contributed by atoms with Gasteiger partial charge in [0.1, 0.15) is 5.82 Å². The normalized spacial score (nSPS) is 20.2. The third-order valence-electron chi connectivity index (χ3n) is 5.19. The van der Waals surface area contributed by atoms with Crippen molar-refractivity contribution in [3.63, 3.8) is 0 Å². The summed E-state index contributed by atoms with van der Waals surface area (Å²) in [5, 5.41) is 3.68. The van der Waals surface area contributed by atoms with Crippen LogP contribution in [-0.4, -0.2) is 41.1 Å². The van der Waals surface area contributed by atoms with Gasteiger partial charge in [-0.2, -0.15) is 0 Å². The molecule has 2 heterocycles. The molecule has 150 valence electrons. The van der Waals surface area contributed by atoms with E-state index in [-0.39, 0.29) is 23.5 Å². The first-order valence-corrected chi connectivity index (χ1v) is 10.1. The Balaban J connectivity index is 1.68. The number of pyridine rings is 1. The summed E-state index contributed by atoms with van der Waals surface area (Å²) in [6.07, 6.45) is 1.75. The number of benzene rings is 1. The standard InChI is InChI=1S/C22H29ClN4O/c1-15-13-26(20-19(23)7-6-12-24-20)14-16(2)27(15)21(28)25-18-10-8-17(9-11-18)22(3,4)5/h6-12,15-16H,13-14H2,1-5H3,(H,25,28). The maximum absolute atomic E-state index is 12.9. The zero-order valence-corrected chi connectivity index (χ0v) is 18.0. The monoisotopic (exact) mass is 400 g/mol. The third kappa shape index (κ3) is 4.41. The van der Waals surface area contributed by atoms with Gasteiger partial charge < -0.3 is 15.1 Å². The molecule has 2 atom stereocenters. The second-order valence-corrected chi connectivity index (χ2v) is 8.98. The number of piperazine rings is 1. The van der Waals surface area contributed by atoms with Crippen molar-refractivity contribution in [2.75, 3.05) is 23.3 Å². The molecule has 1 aromatic carbocycles. The van der Waals surface area contributed by atoms with Crippen LogP contribution in [0.4, 0.5) is 16.3 Å². The van der Waals surface area contributed by atoms with Crippen molar-refractivity contribution in [1.82, 2.24) is 9.88 Å². The molecule has 6 heteroatoms. The van der Waals surface area contributed by atoms with Crippen LogP contribution in [0.2, 0.25) is 5.02 Å². The fourth-order valence-corrected chi connectivity index (χ4v) is 3.99. The molecule has 1 aromatic heterocycles. The van der Waals surface area contributed by atoms with Crippen LogP contribution in [0.1, 0.15) is 40.2 Å². The molecular formula is C22H29ClN4O. The van der Waals surface area contributed by atoms with Crippen LogP contribution in [0.5, 0.6) is 0 Å². The maximum atomic E-state index is 12.9. The number of nitrogens with zero attached hydrogens (tertiary/aromatic N) is 3. The molecule has 0 saturated carbocycles. The van der Waals surface area contributed by atoms with E-state index in [4.69, 9.17) is 11.6 Å². The van der Waals surface area contributed by atoms with Gasteiger partial charge >= 0.3 is 6.03 Å². The van der Waals surface area contributed by atoms with Gasteiger partial charge in [0.2, 0.25) is 0 Å². The molecule has 0 bridgehead atoms. The Morgan fingerprint density at radius 2 is 1.71 bits per heavy atom. The van der Waals surface area contributed by atoms with Crippen LogP contribution in [-0.2, 0) is 5.41 Å². The Kier molecular flexibility index (Phi) is 5.84. The van der Waals surface area contributed by atoms with E-state index in [0.29, 0.717) is 18.1 Å². The van der Waals surface area contributed by atoms with Crippen LogP contribution >= 0.6 is 11.6 Å². The van der Waals surface area contributed by atoms with E-state index in [0.717, 1.165) is 11.5 Å². The number of aromatic nitrogens is 1. The lowest BCUT2D eigenvalue weighted by Crippen LogP contribution is -2.60. The highest BCUT2D eigenvalue weighted by Gasteiger charge is 2.34. The molecule has 1 aliphatic heterocycles. The van der Waals surface area contributed by atoms with E-state index in [2.05, 4.69) is 62.0 Å². The van der Waals surface area contributed by atoms with Crippen molar-refractivity contribution in [3.8, 4) is 0 Å². The van der Waals surface area contributed by atoms with Gasteiger partial charge in [-0.25, -0.2) is 9.78 Å². The van der Waals surface area contributed by atoms with Crippen molar-refractivity contribution in [2.45, 2.75) is 52.1 Å². The molecule has 28 heavy (non-hydrogen) atoms. The van der Waals surface area contributed by atoms with E-state index in [1.165, 1.54) is 5.56 Å². The first-order valence-electron chi connectivity index (χ1n) is 9.72. The number of urea groups is 1. The van der Waals surface area contributed by atoms with Crippen molar-refractivity contribution in [2.24, 2.45) is 0 Å². The topological polar surface area (TPSA) is 48.5 Å². The SMILES string of the molecule is CC1CN(c2ncccc2Cl)CC(C)N1C(=O)Nc1ccc(C(C)(C)C)cc1. The molecule has 1 aliphatic rings. The Labute approximate surface area is 172 Å². The Morgan fingerprint density at radius 3 is 2.25 bits per heavy atom. The largest absolute Gasteiger partial charge is 0.351 e.